The van der Waals surface area contributed by atoms with Crippen molar-refractivity contribution in [2.45, 2.75) is 44.6 Å². The van der Waals surface area contributed by atoms with Crippen LogP contribution in [-0.4, -0.2) is 16.3 Å². The maximum absolute atomic E-state index is 10.4. The molecule has 0 aromatic heterocycles. The number of aliphatic hydroxyl groups is 1. The summed E-state index contributed by atoms with van der Waals surface area (Å²) in [7, 11) is 0. The highest BCUT2D eigenvalue weighted by Crippen LogP contribution is 2.56. The average molecular weight is 368 g/mol. The van der Waals surface area contributed by atoms with Crippen molar-refractivity contribution in [3.05, 3.63) is 76.9 Å². The van der Waals surface area contributed by atoms with Gasteiger partial charge in [-0.15, -0.1) is 0 Å². The molecule has 3 aromatic rings. The lowest BCUT2D eigenvalue weighted by molar-refractivity contribution is 0.159. The molecular weight excluding hydrogens is 344 g/mol. The van der Waals surface area contributed by atoms with E-state index in [2.05, 4.69) is 24.8 Å². The highest BCUT2D eigenvalue weighted by atomic mass is 16.3. The van der Waals surface area contributed by atoms with E-state index >= 15 is 0 Å². The van der Waals surface area contributed by atoms with E-state index in [9.17, 15) is 10.2 Å². The van der Waals surface area contributed by atoms with Crippen molar-refractivity contribution in [3.8, 4) is 17.6 Å². The van der Waals surface area contributed by atoms with Gasteiger partial charge in [0.1, 0.15) is 5.75 Å². The molecule has 0 radical (unpaired) electrons. The summed E-state index contributed by atoms with van der Waals surface area (Å²) < 4.78 is 0. The van der Waals surface area contributed by atoms with Crippen molar-refractivity contribution in [1.29, 1.82) is 0 Å². The van der Waals surface area contributed by atoms with E-state index in [0.717, 1.165) is 47.6 Å². The first-order chi connectivity index (χ1) is 13.5. The number of aryl methyl sites for hydroxylation is 1. The molecule has 2 aliphatic carbocycles. The number of aromatic hydroxyl groups is 1. The topological polar surface area (TPSA) is 40.5 Å². The largest absolute Gasteiger partial charge is 0.508 e. The highest BCUT2D eigenvalue weighted by Gasteiger charge is 2.47. The zero-order chi connectivity index (χ0) is 19.3. The summed E-state index contributed by atoms with van der Waals surface area (Å²) in [5.74, 6) is 7.32. The molecule has 2 aliphatic rings. The minimum Gasteiger partial charge on any atom is -0.508 e. The van der Waals surface area contributed by atoms with Gasteiger partial charge in [-0.25, -0.2) is 0 Å². The molecule has 2 nitrogen and oxygen atoms in total. The van der Waals surface area contributed by atoms with Crippen LogP contribution >= 0.6 is 0 Å². The van der Waals surface area contributed by atoms with Gasteiger partial charge in [-0.2, -0.15) is 0 Å². The number of rotatable bonds is 0. The van der Waals surface area contributed by atoms with Gasteiger partial charge < -0.3 is 10.2 Å². The maximum atomic E-state index is 10.4. The number of hydrogen-bond donors (Lipinski definition) is 2. The standard InChI is InChI=1S/C26H24O2/c1-26-12-11-22-23-14-19(27)9-10-21(23)18(8-7-17-5-3-2-4-6-17)13-24(22)25(26)15-20(28)16-26/h2-6,9-10,13-14,20,25,27-28H,11-12,15-16H2,1H3/t20-,25+,26-/m1/s1. The third-order valence-electron chi connectivity index (χ3n) is 6.75. The Balaban J connectivity index is 1.73. The van der Waals surface area contributed by atoms with E-state index < -0.39 is 0 Å². The van der Waals surface area contributed by atoms with Gasteiger partial charge in [-0.05, 0) is 95.3 Å². The van der Waals surface area contributed by atoms with Crippen LogP contribution in [0, 0.1) is 17.3 Å². The quantitative estimate of drug-likeness (QED) is 0.540. The Morgan fingerprint density at radius 3 is 2.64 bits per heavy atom. The molecule has 0 aliphatic heterocycles. The van der Waals surface area contributed by atoms with Crippen LogP contribution < -0.4 is 0 Å². The summed E-state index contributed by atoms with van der Waals surface area (Å²) in [6.45, 7) is 2.32. The molecule has 0 saturated heterocycles. The summed E-state index contributed by atoms with van der Waals surface area (Å²) in [6, 6.07) is 17.9. The first kappa shape index (κ1) is 17.3. The third-order valence-corrected chi connectivity index (χ3v) is 6.75. The zero-order valence-corrected chi connectivity index (χ0v) is 16.1. The van der Waals surface area contributed by atoms with Crippen LogP contribution in [-0.2, 0) is 6.42 Å². The third kappa shape index (κ3) is 2.79. The van der Waals surface area contributed by atoms with Crippen LogP contribution in [0.3, 0.4) is 0 Å². The Labute approximate surface area is 165 Å². The predicted octanol–water partition coefficient (Wildman–Crippen LogP) is 5.14. The molecule has 1 fully saturated rings. The van der Waals surface area contributed by atoms with Crippen molar-refractivity contribution in [3.63, 3.8) is 0 Å². The zero-order valence-electron chi connectivity index (χ0n) is 16.1. The molecule has 28 heavy (non-hydrogen) atoms. The van der Waals surface area contributed by atoms with Crippen LogP contribution in [0.4, 0.5) is 0 Å². The Morgan fingerprint density at radius 1 is 1.00 bits per heavy atom. The van der Waals surface area contributed by atoms with E-state index in [4.69, 9.17) is 0 Å². The van der Waals surface area contributed by atoms with Crippen LogP contribution in [0.5, 0.6) is 5.75 Å². The minimum absolute atomic E-state index is 0.154. The molecule has 0 amide bonds. The van der Waals surface area contributed by atoms with Gasteiger partial charge in [0, 0.05) is 11.1 Å². The monoisotopic (exact) mass is 368 g/mol. The second-order valence-corrected chi connectivity index (χ2v) is 8.64. The number of phenolic OH excluding ortho intramolecular Hbond substituents is 1. The van der Waals surface area contributed by atoms with Gasteiger partial charge in [0.2, 0.25) is 0 Å². The first-order valence-electron chi connectivity index (χ1n) is 10.1. The van der Waals surface area contributed by atoms with Crippen LogP contribution in [0.2, 0.25) is 0 Å². The molecule has 3 aromatic carbocycles. The molecule has 140 valence electrons. The number of fused-ring (bicyclic) bond motifs is 5. The van der Waals surface area contributed by atoms with E-state index in [1.165, 1.54) is 11.1 Å². The minimum atomic E-state index is -0.223. The number of phenols is 1. The van der Waals surface area contributed by atoms with Gasteiger partial charge in [-0.3, -0.25) is 0 Å². The molecule has 0 spiro atoms. The highest BCUT2D eigenvalue weighted by molar-refractivity contribution is 5.93. The Morgan fingerprint density at radius 2 is 1.82 bits per heavy atom. The lowest BCUT2D eigenvalue weighted by Crippen LogP contribution is -2.27. The van der Waals surface area contributed by atoms with Crippen molar-refractivity contribution < 1.29 is 10.2 Å². The second-order valence-electron chi connectivity index (χ2n) is 8.64. The summed E-state index contributed by atoms with van der Waals surface area (Å²) in [4.78, 5) is 0. The maximum Gasteiger partial charge on any atom is 0.116 e. The summed E-state index contributed by atoms with van der Waals surface area (Å²) in [5, 5.41) is 22.7. The lowest BCUT2D eigenvalue weighted by Gasteiger charge is -2.38. The molecule has 1 saturated carbocycles. The fourth-order valence-electron chi connectivity index (χ4n) is 5.36. The van der Waals surface area contributed by atoms with Crippen LogP contribution in [0.1, 0.15) is 54.4 Å². The summed E-state index contributed by atoms with van der Waals surface area (Å²) in [5.41, 5.74) is 4.80. The molecule has 5 rings (SSSR count). The molecular formula is C26H24O2. The fourth-order valence-corrected chi connectivity index (χ4v) is 5.36. The Bertz CT molecular complexity index is 1120. The van der Waals surface area contributed by atoms with Crippen molar-refractivity contribution in [2.24, 2.45) is 5.41 Å². The smallest absolute Gasteiger partial charge is 0.116 e. The van der Waals surface area contributed by atoms with Gasteiger partial charge in [0.25, 0.3) is 0 Å². The molecule has 0 bridgehead atoms. The normalized spacial score (nSPS) is 25.6. The first-order valence-corrected chi connectivity index (χ1v) is 10.1. The molecule has 2 heteroatoms. The predicted molar refractivity (Wildman–Crippen MR) is 112 cm³/mol. The van der Waals surface area contributed by atoms with E-state index in [1.54, 1.807) is 6.07 Å². The molecule has 0 unspecified atom stereocenters. The van der Waals surface area contributed by atoms with Crippen LogP contribution in [0.15, 0.2) is 54.6 Å². The second kappa shape index (κ2) is 6.40. The lowest BCUT2D eigenvalue weighted by atomic mass is 9.66. The van der Waals surface area contributed by atoms with Gasteiger partial charge in [-0.1, -0.05) is 37.0 Å². The average Bonchev–Trinajstić information content (AvgIpc) is 3.01. The van der Waals surface area contributed by atoms with Crippen LogP contribution in [0.25, 0.3) is 10.8 Å². The fraction of sp³-hybridized carbons (Fsp3) is 0.308. The van der Waals surface area contributed by atoms with Gasteiger partial charge in [0.15, 0.2) is 0 Å². The SMILES string of the molecule is C[C@]12CCc3c(cc(C#Cc4ccccc4)c4ccc(O)cc34)[C@@H]1C[C@@H](O)C2. The Kier molecular flexibility index (Phi) is 3.96. The van der Waals surface area contributed by atoms with Crippen molar-refractivity contribution >= 4 is 10.8 Å². The number of aliphatic hydroxyl groups excluding tert-OH is 1. The van der Waals surface area contributed by atoms with E-state index in [1.807, 2.05) is 42.5 Å². The molecule has 2 N–H and O–H groups in total. The summed E-state index contributed by atoms with van der Waals surface area (Å²) in [6.07, 6.45) is 3.54. The molecule has 3 atom stereocenters. The van der Waals surface area contributed by atoms with E-state index in [-0.39, 0.29) is 11.5 Å². The van der Waals surface area contributed by atoms with Gasteiger partial charge >= 0.3 is 0 Å². The Hall–Kier alpha value is -2.76. The summed E-state index contributed by atoms with van der Waals surface area (Å²) >= 11 is 0. The molecule has 0 heterocycles. The van der Waals surface area contributed by atoms with E-state index in [0.29, 0.717) is 11.7 Å². The van der Waals surface area contributed by atoms with Crippen molar-refractivity contribution in [1.82, 2.24) is 0 Å². The number of hydrogen-bond acceptors (Lipinski definition) is 2. The van der Waals surface area contributed by atoms with Crippen molar-refractivity contribution in [2.75, 3.05) is 0 Å². The number of benzene rings is 3. The van der Waals surface area contributed by atoms with Gasteiger partial charge in [0.05, 0.1) is 6.10 Å².